The van der Waals surface area contributed by atoms with E-state index in [0.717, 1.165) is 25.3 Å². The lowest BCUT2D eigenvalue weighted by molar-refractivity contribution is -0.128. The minimum absolute atomic E-state index is 0.0377. The van der Waals surface area contributed by atoms with Gasteiger partial charge >= 0.3 is 0 Å². The summed E-state index contributed by atoms with van der Waals surface area (Å²) in [6.07, 6.45) is 0.504. The van der Waals surface area contributed by atoms with Crippen LogP contribution < -0.4 is 15.4 Å². The van der Waals surface area contributed by atoms with E-state index in [4.69, 9.17) is 4.74 Å². The highest BCUT2D eigenvalue weighted by atomic mass is 16.5. The largest absolute Gasteiger partial charge is 0.481 e. The zero-order valence-corrected chi connectivity index (χ0v) is 12.5. The topological polar surface area (TPSA) is 50.4 Å². The molecule has 1 amide bonds. The van der Waals surface area contributed by atoms with Crippen molar-refractivity contribution in [2.24, 2.45) is 5.92 Å². The maximum absolute atomic E-state index is 12.2. The van der Waals surface area contributed by atoms with Gasteiger partial charge in [-0.3, -0.25) is 4.79 Å². The standard InChI is InChI=1S/C16H24N2O2/c1-11-4-6-14(7-5-11)20-13(3)16(19)18-15-8-9-17-10-12(15)2/h4-7,12-13,15,17H,8-10H2,1-3H3,(H,18,19). The van der Waals surface area contributed by atoms with Crippen LogP contribution >= 0.6 is 0 Å². The summed E-state index contributed by atoms with van der Waals surface area (Å²) < 4.78 is 5.68. The Morgan fingerprint density at radius 2 is 2.10 bits per heavy atom. The number of ether oxygens (including phenoxy) is 1. The highest BCUT2D eigenvalue weighted by Crippen LogP contribution is 2.14. The van der Waals surface area contributed by atoms with Crippen molar-refractivity contribution in [2.75, 3.05) is 13.1 Å². The lowest BCUT2D eigenvalue weighted by Crippen LogP contribution is -2.51. The van der Waals surface area contributed by atoms with Crippen molar-refractivity contribution in [3.8, 4) is 5.75 Å². The summed E-state index contributed by atoms with van der Waals surface area (Å²) in [5, 5.41) is 6.43. The lowest BCUT2D eigenvalue weighted by atomic mass is 9.95. The zero-order chi connectivity index (χ0) is 14.5. The predicted molar refractivity (Wildman–Crippen MR) is 79.9 cm³/mol. The molecule has 4 heteroatoms. The number of piperidine rings is 1. The van der Waals surface area contributed by atoms with Gasteiger partial charge in [0.05, 0.1) is 0 Å². The molecule has 0 radical (unpaired) electrons. The summed E-state index contributed by atoms with van der Waals surface area (Å²) in [4.78, 5) is 12.2. The van der Waals surface area contributed by atoms with Gasteiger partial charge in [0.1, 0.15) is 5.75 Å². The van der Waals surface area contributed by atoms with Crippen molar-refractivity contribution in [1.29, 1.82) is 0 Å². The third-order valence-corrected chi connectivity index (χ3v) is 3.82. The van der Waals surface area contributed by atoms with E-state index in [1.165, 1.54) is 5.56 Å². The fraction of sp³-hybridized carbons (Fsp3) is 0.562. The van der Waals surface area contributed by atoms with Crippen LogP contribution in [0.1, 0.15) is 25.8 Å². The first-order valence-electron chi connectivity index (χ1n) is 7.30. The number of benzene rings is 1. The number of carbonyl (C=O) groups is 1. The van der Waals surface area contributed by atoms with Crippen molar-refractivity contribution < 1.29 is 9.53 Å². The zero-order valence-electron chi connectivity index (χ0n) is 12.5. The molecule has 2 rings (SSSR count). The van der Waals surface area contributed by atoms with Gasteiger partial charge in [-0.2, -0.15) is 0 Å². The second-order valence-electron chi connectivity index (χ2n) is 5.66. The average Bonchev–Trinajstić information content (AvgIpc) is 2.44. The van der Waals surface area contributed by atoms with Gasteiger partial charge in [-0.25, -0.2) is 0 Å². The average molecular weight is 276 g/mol. The molecule has 4 nitrogen and oxygen atoms in total. The molecule has 1 aromatic rings. The summed E-state index contributed by atoms with van der Waals surface area (Å²) in [5.74, 6) is 1.15. The first-order valence-corrected chi connectivity index (χ1v) is 7.30. The molecule has 1 aliphatic rings. The Morgan fingerprint density at radius 1 is 1.40 bits per heavy atom. The number of nitrogens with one attached hydrogen (secondary N) is 2. The minimum Gasteiger partial charge on any atom is -0.481 e. The smallest absolute Gasteiger partial charge is 0.261 e. The fourth-order valence-electron chi connectivity index (χ4n) is 2.40. The number of rotatable bonds is 4. The molecule has 110 valence electrons. The van der Waals surface area contributed by atoms with Gasteiger partial charge in [0, 0.05) is 6.04 Å². The normalized spacial score (nSPS) is 23.9. The van der Waals surface area contributed by atoms with Gasteiger partial charge in [0.25, 0.3) is 5.91 Å². The minimum atomic E-state index is -0.472. The molecule has 20 heavy (non-hydrogen) atoms. The molecule has 2 N–H and O–H groups in total. The van der Waals surface area contributed by atoms with E-state index >= 15 is 0 Å². The summed E-state index contributed by atoms with van der Waals surface area (Å²) in [6.45, 7) is 7.89. The lowest BCUT2D eigenvalue weighted by Gasteiger charge is -2.31. The van der Waals surface area contributed by atoms with Crippen LogP contribution in [0.5, 0.6) is 5.75 Å². The molecule has 1 heterocycles. The molecular weight excluding hydrogens is 252 g/mol. The third kappa shape index (κ3) is 3.97. The SMILES string of the molecule is Cc1ccc(OC(C)C(=O)NC2CCNCC2C)cc1. The molecular formula is C16H24N2O2. The molecule has 0 spiro atoms. The van der Waals surface area contributed by atoms with Crippen molar-refractivity contribution in [3.63, 3.8) is 0 Å². The highest BCUT2D eigenvalue weighted by Gasteiger charge is 2.25. The number of hydrogen-bond donors (Lipinski definition) is 2. The van der Waals surface area contributed by atoms with Crippen LogP contribution in [0.2, 0.25) is 0 Å². The van der Waals surface area contributed by atoms with E-state index in [1.807, 2.05) is 31.2 Å². The van der Waals surface area contributed by atoms with Crippen LogP contribution in [0.25, 0.3) is 0 Å². The number of hydrogen-bond acceptors (Lipinski definition) is 3. The molecule has 1 saturated heterocycles. The number of carbonyl (C=O) groups excluding carboxylic acids is 1. The van der Waals surface area contributed by atoms with E-state index in [1.54, 1.807) is 6.92 Å². The van der Waals surface area contributed by atoms with E-state index in [9.17, 15) is 4.79 Å². The third-order valence-electron chi connectivity index (χ3n) is 3.82. The molecule has 1 aliphatic heterocycles. The molecule has 0 saturated carbocycles. The van der Waals surface area contributed by atoms with Crippen molar-refractivity contribution in [3.05, 3.63) is 29.8 Å². The van der Waals surface area contributed by atoms with E-state index in [2.05, 4.69) is 17.6 Å². The van der Waals surface area contributed by atoms with E-state index in [-0.39, 0.29) is 11.9 Å². The van der Waals surface area contributed by atoms with E-state index < -0.39 is 6.10 Å². The van der Waals surface area contributed by atoms with Gasteiger partial charge < -0.3 is 15.4 Å². The predicted octanol–water partition coefficient (Wildman–Crippen LogP) is 1.88. The molecule has 3 unspecified atom stereocenters. The summed E-state index contributed by atoms with van der Waals surface area (Å²) >= 11 is 0. The Bertz CT molecular complexity index is 444. The molecule has 0 bridgehead atoms. The van der Waals surface area contributed by atoms with Crippen LogP contribution in [-0.2, 0) is 4.79 Å². The molecule has 1 fully saturated rings. The van der Waals surface area contributed by atoms with Crippen molar-refractivity contribution >= 4 is 5.91 Å². The summed E-state index contributed by atoms with van der Waals surface area (Å²) in [6, 6.07) is 8.00. The monoisotopic (exact) mass is 276 g/mol. The fourth-order valence-corrected chi connectivity index (χ4v) is 2.40. The Kier molecular flexibility index (Phi) is 5.01. The second-order valence-corrected chi connectivity index (χ2v) is 5.66. The first-order chi connectivity index (χ1) is 9.56. The second kappa shape index (κ2) is 6.75. The molecule has 0 aliphatic carbocycles. The number of amides is 1. The Labute approximate surface area is 120 Å². The highest BCUT2D eigenvalue weighted by molar-refractivity contribution is 5.81. The van der Waals surface area contributed by atoms with Crippen LogP contribution in [-0.4, -0.2) is 31.1 Å². The Balaban J connectivity index is 1.86. The molecule has 3 atom stereocenters. The summed E-state index contributed by atoms with van der Waals surface area (Å²) in [7, 11) is 0. The van der Waals surface area contributed by atoms with Crippen LogP contribution in [0.3, 0.4) is 0 Å². The van der Waals surface area contributed by atoms with Gasteiger partial charge in [-0.1, -0.05) is 24.6 Å². The molecule has 0 aromatic heterocycles. The Hall–Kier alpha value is -1.55. The van der Waals surface area contributed by atoms with Gasteiger partial charge in [-0.05, 0) is 51.4 Å². The van der Waals surface area contributed by atoms with Crippen LogP contribution in [0.4, 0.5) is 0 Å². The quantitative estimate of drug-likeness (QED) is 0.883. The van der Waals surface area contributed by atoms with Gasteiger partial charge in [0.15, 0.2) is 6.10 Å². The van der Waals surface area contributed by atoms with Crippen LogP contribution in [0.15, 0.2) is 24.3 Å². The first kappa shape index (κ1) is 14.9. The maximum Gasteiger partial charge on any atom is 0.261 e. The van der Waals surface area contributed by atoms with Crippen LogP contribution in [0, 0.1) is 12.8 Å². The van der Waals surface area contributed by atoms with Crippen molar-refractivity contribution in [2.45, 2.75) is 39.3 Å². The summed E-state index contributed by atoms with van der Waals surface area (Å²) in [5.41, 5.74) is 1.18. The maximum atomic E-state index is 12.2. The van der Waals surface area contributed by atoms with Gasteiger partial charge in [-0.15, -0.1) is 0 Å². The van der Waals surface area contributed by atoms with Crippen molar-refractivity contribution in [1.82, 2.24) is 10.6 Å². The molecule has 1 aromatic carbocycles. The van der Waals surface area contributed by atoms with Gasteiger partial charge in [0.2, 0.25) is 0 Å². The number of aryl methyl sites for hydroxylation is 1. The van der Waals surface area contributed by atoms with E-state index in [0.29, 0.717) is 5.92 Å². The Morgan fingerprint density at radius 3 is 2.75 bits per heavy atom.